The van der Waals surface area contributed by atoms with Crippen LogP contribution in [0.15, 0.2) is 47.6 Å². The average Bonchev–Trinajstić information content (AvgIpc) is 3.09. The summed E-state index contributed by atoms with van der Waals surface area (Å²) in [4.78, 5) is 15.0. The summed E-state index contributed by atoms with van der Waals surface area (Å²) in [6, 6.07) is 12.7. The van der Waals surface area contributed by atoms with E-state index in [1.54, 1.807) is 11.1 Å². The van der Waals surface area contributed by atoms with E-state index < -0.39 is 0 Å². The number of amides is 1. The van der Waals surface area contributed by atoms with E-state index in [4.69, 9.17) is 5.10 Å². The molecule has 3 rings (SSSR count). The van der Waals surface area contributed by atoms with E-state index in [1.807, 2.05) is 45.7 Å². The third-order valence-electron chi connectivity index (χ3n) is 5.37. The molecule has 0 bridgehead atoms. The smallest absolute Gasteiger partial charge is 0.257 e. The molecular formula is C23H28FN3O. The first kappa shape index (κ1) is 20.2. The third-order valence-corrected chi connectivity index (χ3v) is 5.37. The van der Waals surface area contributed by atoms with E-state index in [0.29, 0.717) is 6.42 Å². The number of benzene rings is 2. The maximum atomic E-state index is 13.9. The summed E-state index contributed by atoms with van der Waals surface area (Å²) in [6.07, 6.45) is 0.574. The molecule has 1 amide bonds. The maximum Gasteiger partial charge on any atom is 0.257 e. The van der Waals surface area contributed by atoms with Gasteiger partial charge in [-0.15, -0.1) is 0 Å². The quantitative estimate of drug-likeness (QED) is 0.767. The van der Waals surface area contributed by atoms with Crippen molar-refractivity contribution in [1.82, 2.24) is 9.91 Å². The molecule has 0 saturated heterocycles. The average molecular weight is 381 g/mol. The molecule has 2 aromatic rings. The largest absolute Gasteiger partial charge is 0.295 e. The van der Waals surface area contributed by atoms with Crippen LogP contribution in [-0.2, 0) is 4.79 Å². The fourth-order valence-corrected chi connectivity index (χ4v) is 3.39. The van der Waals surface area contributed by atoms with Crippen LogP contribution in [0, 0.1) is 19.7 Å². The molecule has 28 heavy (non-hydrogen) atoms. The van der Waals surface area contributed by atoms with Crippen LogP contribution in [0.4, 0.5) is 4.39 Å². The summed E-state index contributed by atoms with van der Waals surface area (Å²) in [6.45, 7) is 8.46. The Hall–Kier alpha value is -2.53. The Morgan fingerprint density at radius 3 is 2.68 bits per heavy atom. The van der Waals surface area contributed by atoms with Crippen LogP contribution in [0.2, 0.25) is 0 Å². The highest BCUT2D eigenvalue weighted by molar-refractivity contribution is 6.04. The van der Waals surface area contributed by atoms with Crippen molar-refractivity contribution in [1.29, 1.82) is 0 Å². The first-order chi connectivity index (χ1) is 13.3. The molecule has 1 aliphatic heterocycles. The van der Waals surface area contributed by atoms with Gasteiger partial charge in [0.1, 0.15) is 5.82 Å². The summed E-state index contributed by atoms with van der Waals surface area (Å²) in [7, 11) is 1.92. The summed E-state index contributed by atoms with van der Waals surface area (Å²) in [5.41, 5.74) is 4.96. The first-order valence-corrected chi connectivity index (χ1v) is 9.69. The summed E-state index contributed by atoms with van der Waals surface area (Å²) in [5, 5.41) is 6.26. The normalized spacial score (nSPS) is 16.8. The van der Waals surface area contributed by atoms with Crippen molar-refractivity contribution in [3.05, 3.63) is 70.5 Å². The van der Waals surface area contributed by atoms with Crippen molar-refractivity contribution in [2.45, 2.75) is 46.2 Å². The Morgan fingerprint density at radius 1 is 1.25 bits per heavy atom. The molecular weight excluding hydrogens is 353 g/mol. The molecule has 0 spiro atoms. The summed E-state index contributed by atoms with van der Waals surface area (Å²) >= 11 is 0. The molecule has 148 valence electrons. The highest BCUT2D eigenvalue weighted by atomic mass is 19.1. The van der Waals surface area contributed by atoms with Crippen LogP contribution in [0.5, 0.6) is 0 Å². The zero-order valence-electron chi connectivity index (χ0n) is 17.2. The number of carbonyl (C=O) groups excluding carboxylic acids is 1. The van der Waals surface area contributed by atoms with Crippen molar-refractivity contribution in [3.63, 3.8) is 0 Å². The molecule has 2 aromatic carbocycles. The van der Waals surface area contributed by atoms with E-state index in [0.717, 1.165) is 28.0 Å². The minimum atomic E-state index is -0.301. The van der Waals surface area contributed by atoms with Gasteiger partial charge in [0.25, 0.3) is 5.91 Å². The fraction of sp³-hybridized carbons (Fsp3) is 0.391. The number of hydrogen-bond donors (Lipinski definition) is 0. The van der Waals surface area contributed by atoms with E-state index in [2.05, 4.69) is 18.2 Å². The second-order valence-corrected chi connectivity index (χ2v) is 7.89. The lowest BCUT2D eigenvalue weighted by Crippen LogP contribution is -2.39. The first-order valence-electron chi connectivity index (χ1n) is 9.69. The van der Waals surface area contributed by atoms with Crippen molar-refractivity contribution in [3.8, 4) is 0 Å². The van der Waals surface area contributed by atoms with E-state index in [1.165, 1.54) is 12.1 Å². The van der Waals surface area contributed by atoms with Crippen molar-refractivity contribution < 1.29 is 9.18 Å². The van der Waals surface area contributed by atoms with Crippen LogP contribution in [0.1, 0.15) is 48.6 Å². The van der Waals surface area contributed by atoms with Gasteiger partial charge in [0, 0.05) is 18.0 Å². The van der Waals surface area contributed by atoms with Gasteiger partial charge in [0.05, 0.1) is 18.3 Å². The Balaban J connectivity index is 1.97. The molecule has 0 aliphatic carbocycles. The molecule has 5 heteroatoms. The molecule has 1 heterocycles. The van der Waals surface area contributed by atoms with Gasteiger partial charge >= 0.3 is 0 Å². The molecule has 1 unspecified atom stereocenters. The Bertz CT molecular complexity index is 906. The van der Waals surface area contributed by atoms with Crippen LogP contribution < -0.4 is 0 Å². The highest BCUT2D eigenvalue weighted by Gasteiger charge is 2.34. The maximum absolute atomic E-state index is 13.9. The number of nitrogens with zero attached hydrogens (tertiary/aromatic N) is 3. The molecule has 1 aliphatic rings. The minimum absolute atomic E-state index is 0.0780. The predicted octanol–water partition coefficient (Wildman–Crippen LogP) is 4.46. The lowest BCUT2D eigenvalue weighted by molar-refractivity contribution is -0.134. The predicted molar refractivity (Wildman–Crippen MR) is 111 cm³/mol. The number of aryl methyl sites for hydroxylation is 2. The second kappa shape index (κ2) is 8.23. The molecule has 0 saturated carbocycles. The highest BCUT2D eigenvalue weighted by Crippen LogP contribution is 2.34. The van der Waals surface area contributed by atoms with Gasteiger partial charge in [0.15, 0.2) is 0 Å². The molecule has 4 nitrogen and oxygen atoms in total. The monoisotopic (exact) mass is 381 g/mol. The number of likely N-dealkylation sites (N-methyl/N-ethyl adjacent to an activating group) is 1. The standard InChI is InChI=1S/C23H28FN3O/c1-15(2)26(5)14-23(28)27-22(18-7-6-8-19(24)12-18)13-21(25-27)20-11-16(3)9-10-17(20)4/h6-12,15,22H,13-14H2,1-5H3. The van der Waals surface area contributed by atoms with E-state index in [-0.39, 0.29) is 30.4 Å². The van der Waals surface area contributed by atoms with Crippen LogP contribution in [0.25, 0.3) is 0 Å². The van der Waals surface area contributed by atoms with E-state index in [9.17, 15) is 9.18 Å². The SMILES string of the molecule is Cc1ccc(C)c(C2=NN(C(=O)CN(C)C(C)C)C(c3cccc(F)c3)C2)c1. The second-order valence-electron chi connectivity index (χ2n) is 7.89. The van der Waals surface area contributed by atoms with Gasteiger partial charge in [-0.05, 0) is 64.1 Å². The molecule has 0 N–H and O–H groups in total. The van der Waals surface area contributed by atoms with Gasteiger partial charge in [0.2, 0.25) is 0 Å². The van der Waals surface area contributed by atoms with Gasteiger partial charge in [-0.3, -0.25) is 9.69 Å². The Morgan fingerprint density at radius 2 is 2.00 bits per heavy atom. The zero-order chi connectivity index (χ0) is 20.4. The van der Waals surface area contributed by atoms with Gasteiger partial charge in [-0.25, -0.2) is 9.40 Å². The van der Waals surface area contributed by atoms with Crippen molar-refractivity contribution >= 4 is 11.6 Å². The summed E-state index contributed by atoms with van der Waals surface area (Å²) in [5.74, 6) is -0.379. The number of hydrazone groups is 1. The topological polar surface area (TPSA) is 35.9 Å². The van der Waals surface area contributed by atoms with Gasteiger partial charge in [-0.1, -0.05) is 29.8 Å². The van der Waals surface area contributed by atoms with Crippen LogP contribution >= 0.6 is 0 Å². The lowest BCUT2D eigenvalue weighted by Gasteiger charge is -2.26. The Kier molecular flexibility index (Phi) is 5.94. The summed E-state index contributed by atoms with van der Waals surface area (Å²) < 4.78 is 13.9. The fourth-order valence-electron chi connectivity index (χ4n) is 3.39. The van der Waals surface area contributed by atoms with Crippen molar-refractivity contribution in [2.75, 3.05) is 13.6 Å². The lowest BCUT2D eigenvalue weighted by atomic mass is 9.95. The van der Waals surface area contributed by atoms with Crippen LogP contribution in [-0.4, -0.2) is 41.2 Å². The molecule has 0 radical (unpaired) electrons. The molecule has 0 aromatic heterocycles. The number of rotatable bonds is 5. The number of hydrogen-bond acceptors (Lipinski definition) is 3. The van der Waals surface area contributed by atoms with E-state index >= 15 is 0 Å². The Labute approximate surface area is 166 Å². The van der Waals surface area contributed by atoms with Crippen LogP contribution in [0.3, 0.4) is 0 Å². The molecule has 0 fully saturated rings. The third kappa shape index (κ3) is 4.30. The van der Waals surface area contributed by atoms with Crippen molar-refractivity contribution in [2.24, 2.45) is 5.10 Å². The molecule has 1 atom stereocenters. The number of halogens is 1. The number of carbonyl (C=O) groups is 1. The minimum Gasteiger partial charge on any atom is -0.295 e. The van der Waals surface area contributed by atoms with Gasteiger partial charge < -0.3 is 0 Å². The van der Waals surface area contributed by atoms with Gasteiger partial charge in [-0.2, -0.15) is 5.10 Å². The zero-order valence-corrected chi connectivity index (χ0v) is 17.2.